The van der Waals surface area contributed by atoms with Crippen LogP contribution in [-0.2, 0) is 12.8 Å². The van der Waals surface area contributed by atoms with Gasteiger partial charge in [-0.2, -0.15) is 4.98 Å². The highest BCUT2D eigenvalue weighted by Gasteiger charge is 2.14. The first kappa shape index (κ1) is 14.0. The van der Waals surface area contributed by atoms with Gasteiger partial charge in [0.25, 0.3) is 0 Å². The van der Waals surface area contributed by atoms with Crippen molar-refractivity contribution < 1.29 is 0 Å². The number of aryl methyl sites for hydroxylation is 2. The van der Waals surface area contributed by atoms with Crippen molar-refractivity contribution in [2.24, 2.45) is 0 Å². The van der Waals surface area contributed by atoms with Gasteiger partial charge in [0, 0.05) is 30.7 Å². The van der Waals surface area contributed by atoms with Crippen molar-refractivity contribution in [2.45, 2.75) is 33.1 Å². The van der Waals surface area contributed by atoms with Crippen molar-refractivity contribution in [3.63, 3.8) is 0 Å². The van der Waals surface area contributed by atoms with Crippen LogP contribution >= 0.6 is 11.3 Å². The van der Waals surface area contributed by atoms with Crippen molar-refractivity contribution in [1.82, 2.24) is 19.5 Å². The van der Waals surface area contributed by atoms with Gasteiger partial charge in [0.15, 0.2) is 5.82 Å². The minimum absolute atomic E-state index is 0.651. The Balaban J connectivity index is 2.24. The lowest BCUT2D eigenvalue weighted by atomic mass is 10.3. The van der Waals surface area contributed by atoms with Crippen molar-refractivity contribution >= 4 is 27.5 Å². The van der Waals surface area contributed by atoms with Gasteiger partial charge in [-0.15, -0.1) is 11.3 Å². The molecule has 0 aliphatic carbocycles. The fraction of sp³-hybridized carbons (Fsp3) is 0.400. The van der Waals surface area contributed by atoms with Gasteiger partial charge in [0.2, 0.25) is 5.95 Å². The standard InChI is InChI=1S/C15H19N5S/c1-4-6-12-17-7-8-20(12)13-11-9-10(5-2)21-14(11)19-15(16-3)18-13/h7-9H,4-6H2,1-3H3,(H,16,18,19). The monoisotopic (exact) mass is 301 g/mol. The molecule has 0 bridgehead atoms. The van der Waals surface area contributed by atoms with Gasteiger partial charge in [-0.1, -0.05) is 13.8 Å². The van der Waals surface area contributed by atoms with Crippen LogP contribution in [0.15, 0.2) is 18.5 Å². The van der Waals surface area contributed by atoms with Crippen LogP contribution < -0.4 is 5.32 Å². The summed E-state index contributed by atoms with van der Waals surface area (Å²) in [6.45, 7) is 4.32. The molecule has 0 atom stereocenters. The Morgan fingerprint density at radius 3 is 2.86 bits per heavy atom. The van der Waals surface area contributed by atoms with E-state index in [0.29, 0.717) is 5.95 Å². The number of nitrogens with one attached hydrogen (secondary N) is 1. The highest BCUT2D eigenvalue weighted by molar-refractivity contribution is 7.18. The molecule has 21 heavy (non-hydrogen) atoms. The summed E-state index contributed by atoms with van der Waals surface area (Å²) in [6, 6.07) is 2.20. The van der Waals surface area contributed by atoms with Gasteiger partial charge in [-0.05, 0) is 18.9 Å². The molecule has 0 aliphatic rings. The minimum atomic E-state index is 0.651. The molecule has 3 heterocycles. The van der Waals surface area contributed by atoms with Crippen LogP contribution in [0.2, 0.25) is 0 Å². The second kappa shape index (κ2) is 5.81. The molecular weight excluding hydrogens is 282 g/mol. The SMILES string of the molecule is CCCc1nccn1-c1nc(NC)nc2sc(CC)cc12. The van der Waals surface area contributed by atoms with Crippen LogP contribution in [0.1, 0.15) is 31.0 Å². The first-order chi connectivity index (χ1) is 10.3. The van der Waals surface area contributed by atoms with E-state index < -0.39 is 0 Å². The maximum atomic E-state index is 4.66. The van der Waals surface area contributed by atoms with E-state index in [1.807, 2.05) is 19.4 Å². The summed E-state index contributed by atoms with van der Waals surface area (Å²) in [7, 11) is 1.85. The zero-order chi connectivity index (χ0) is 14.8. The van der Waals surface area contributed by atoms with Crippen LogP contribution in [0.4, 0.5) is 5.95 Å². The summed E-state index contributed by atoms with van der Waals surface area (Å²) in [5.41, 5.74) is 0. The second-order valence-electron chi connectivity index (χ2n) is 4.87. The van der Waals surface area contributed by atoms with E-state index >= 15 is 0 Å². The van der Waals surface area contributed by atoms with Gasteiger partial charge in [-0.25, -0.2) is 9.97 Å². The Labute approximate surface area is 128 Å². The molecule has 6 heteroatoms. The molecule has 0 saturated heterocycles. The molecule has 0 amide bonds. The number of thiophene rings is 1. The highest BCUT2D eigenvalue weighted by Crippen LogP contribution is 2.30. The van der Waals surface area contributed by atoms with Crippen LogP contribution in [0.3, 0.4) is 0 Å². The topological polar surface area (TPSA) is 55.6 Å². The molecule has 5 nitrogen and oxygen atoms in total. The number of nitrogens with zero attached hydrogens (tertiary/aromatic N) is 4. The first-order valence-corrected chi connectivity index (χ1v) is 8.09. The average Bonchev–Trinajstić information content (AvgIpc) is 3.12. The lowest BCUT2D eigenvalue weighted by molar-refractivity contribution is 0.801. The third-order valence-electron chi connectivity index (χ3n) is 3.41. The molecule has 0 spiro atoms. The third kappa shape index (κ3) is 2.51. The molecule has 0 fully saturated rings. The molecule has 0 aromatic carbocycles. The maximum Gasteiger partial charge on any atom is 0.225 e. The zero-order valence-electron chi connectivity index (χ0n) is 12.6. The Morgan fingerprint density at radius 2 is 2.14 bits per heavy atom. The number of rotatable bonds is 5. The van der Waals surface area contributed by atoms with E-state index in [9.17, 15) is 0 Å². The van der Waals surface area contributed by atoms with E-state index in [1.165, 1.54) is 4.88 Å². The van der Waals surface area contributed by atoms with Gasteiger partial charge < -0.3 is 5.32 Å². The molecule has 0 radical (unpaired) electrons. The summed E-state index contributed by atoms with van der Waals surface area (Å²) in [4.78, 5) is 16.0. The number of fused-ring (bicyclic) bond motifs is 1. The van der Waals surface area contributed by atoms with Gasteiger partial charge >= 0.3 is 0 Å². The molecule has 0 saturated carbocycles. The van der Waals surface area contributed by atoms with Gasteiger partial charge in [-0.3, -0.25) is 4.57 Å². The zero-order valence-corrected chi connectivity index (χ0v) is 13.4. The number of anilines is 1. The molecule has 1 N–H and O–H groups in total. The lowest BCUT2D eigenvalue weighted by Crippen LogP contribution is -2.06. The Kier molecular flexibility index (Phi) is 3.88. The van der Waals surface area contributed by atoms with Crippen molar-refractivity contribution in [2.75, 3.05) is 12.4 Å². The largest absolute Gasteiger partial charge is 0.357 e. The van der Waals surface area contributed by atoms with Gasteiger partial charge in [0.05, 0.1) is 5.39 Å². The van der Waals surface area contributed by atoms with Gasteiger partial charge in [0.1, 0.15) is 10.7 Å². The fourth-order valence-electron chi connectivity index (χ4n) is 2.36. The van der Waals surface area contributed by atoms with E-state index in [1.54, 1.807) is 11.3 Å². The highest BCUT2D eigenvalue weighted by atomic mass is 32.1. The second-order valence-corrected chi connectivity index (χ2v) is 5.98. The van der Waals surface area contributed by atoms with Crippen LogP contribution in [0.5, 0.6) is 0 Å². The quantitative estimate of drug-likeness (QED) is 0.784. The van der Waals surface area contributed by atoms with Crippen LogP contribution in [0.25, 0.3) is 16.0 Å². The van der Waals surface area contributed by atoms with Crippen molar-refractivity contribution in [3.05, 3.63) is 29.2 Å². The predicted molar refractivity (Wildman–Crippen MR) is 87.5 cm³/mol. The number of imidazole rings is 1. The van der Waals surface area contributed by atoms with E-state index in [0.717, 1.165) is 41.1 Å². The van der Waals surface area contributed by atoms with E-state index in [-0.39, 0.29) is 0 Å². The smallest absolute Gasteiger partial charge is 0.225 e. The normalized spacial score (nSPS) is 11.2. The number of aromatic nitrogens is 4. The molecule has 3 aromatic rings. The Bertz CT molecular complexity index is 759. The maximum absolute atomic E-state index is 4.66. The summed E-state index contributed by atoms with van der Waals surface area (Å²) in [5.74, 6) is 2.61. The number of hydrogen-bond donors (Lipinski definition) is 1. The Morgan fingerprint density at radius 1 is 1.29 bits per heavy atom. The minimum Gasteiger partial charge on any atom is -0.357 e. The van der Waals surface area contributed by atoms with Crippen LogP contribution in [-0.4, -0.2) is 26.6 Å². The third-order valence-corrected chi connectivity index (χ3v) is 4.59. The van der Waals surface area contributed by atoms with Crippen molar-refractivity contribution in [1.29, 1.82) is 0 Å². The summed E-state index contributed by atoms with van der Waals surface area (Å²) >= 11 is 1.73. The molecule has 110 valence electrons. The first-order valence-electron chi connectivity index (χ1n) is 7.27. The predicted octanol–water partition coefficient (Wildman–Crippen LogP) is 3.43. The molecule has 0 unspecified atom stereocenters. The number of hydrogen-bond acceptors (Lipinski definition) is 5. The molecule has 3 rings (SSSR count). The molecule has 0 aliphatic heterocycles. The van der Waals surface area contributed by atoms with E-state index in [4.69, 9.17) is 0 Å². The summed E-state index contributed by atoms with van der Waals surface area (Å²) in [6.07, 6.45) is 6.84. The van der Waals surface area contributed by atoms with E-state index in [2.05, 4.69) is 44.7 Å². The van der Waals surface area contributed by atoms with Crippen LogP contribution in [0, 0.1) is 0 Å². The fourth-order valence-corrected chi connectivity index (χ4v) is 3.32. The summed E-state index contributed by atoms with van der Waals surface area (Å²) in [5, 5.41) is 4.15. The summed E-state index contributed by atoms with van der Waals surface area (Å²) < 4.78 is 2.08. The Hall–Kier alpha value is -1.95. The molecular formula is C15H19N5S. The lowest BCUT2D eigenvalue weighted by Gasteiger charge is -2.09. The average molecular weight is 301 g/mol. The van der Waals surface area contributed by atoms with Crippen molar-refractivity contribution in [3.8, 4) is 5.82 Å². The molecule has 3 aromatic heterocycles.